The quantitative estimate of drug-likeness (QED) is 0.196. The SMILES string of the molecule is c1cccc(-c2nc3ccccc3nc2-n2c3c4c5c(ccc6c7c8ccccc8ccc7n(c7cccc8ccc2c4c87)c65)CC3)c#1. The van der Waals surface area contributed by atoms with Crippen LogP contribution in [0.3, 0.4) is 0 Å². The molecular formula is C44H24N4. The molecular weight excluding hydrogens is 585 g/mol. The summed E-state index contributed by atoms with van der Waals surface area (Å²) >= 11 is 0. The number of aromatic nitrogens is 4. The molecule has 0 amide bonds. The first-order valence-corrected chi connectivity index (χ1v) is 16.6. The number of fused-ring (bicyclic) bond motifs is 7. The van der Waals surface area contributed by atoms with Gasteiger partial charge in [0.25, 0.3) is 0 Å². The maximum atomic E-state index is 5.39. The molecule has 0 saturated carbocycles. The number of aryl methyl sites for hydroxylation is 2. The van der Waals surface area contributed by atoms with Gasteiger partial charge in [-0.25, -0.2) is 9.97 Å². The summed E-state index contributed by atoms with van der Waals surface area (Å²) in [6, 6.07) is 50.2. The van der Waals surface area contributed by atoms with Crippen molar-refractivity contribution < 1.29 is 0 Å². The normalized spacial score (nSPS) is 13.1. The first-order valence-electron chi connectivity index (χ1n) is 16.6. The third kappa shape index (κ3) is 2.94. The first kappa shape index (κ1) is 24.7. The number of rotatable bonds is 2. The maximum Gasteiger partial charge on any atom is 0.165 e. The van der Waals surface area contributed by atoms with E-state index in [1.54, 1.807) is 0 Å². The van der Waals surface area contributed by atoms with Crippen LogP contribution in [0, 0.1) is 12.1 Å². The average molecular weight is 609 g/mol. The molecule has 0 spiro atoms. The van der Waals surface area contributed by atoms with Crippen LogP contribution in [0.5, 0.6) is 0 Å². The lowest BCUT2D eigenvalue weighted by Gasteiger charge is -2.18. The van der Waals surface area contributed by atoms with E-state index < -0.39 is 0 Å². The molecule has 4 nitrogen and oxygen atoms in total. The Morgan fingerprint density at radius 2 is 1.35 bits per heavy atom. The standard InChI is InChI=1S/C44H24N4/c1-2-10-28(11-3-1)42-44(46-32-15-7-6-14-31(32)45-42)48-35-23-19-26-12-8-16-33-37(26)40(35)41-36(48)24-20-27-17-21-30-39-29-13-5-4-9-25(29)18-22-34(39)47(33)43(30)38(27)41/h1-2,4-10,12-19,21-23H,20,24H2. The molecule has 0 fully saturated rings. The van der Waals surface area contributed by atoms with Crippen molar-refractivity contribution in [2.45, 2.75) is 12.8 Å². The molecule has 0 unspecified atom stereocenters. The molecule has 48 heavy (non-hydrogen) atoms. The fourth-order valence-electron chi connectivity index (χ4n) is 8.85. The molecule has 0 radical (unpaired) electrons. The fraction of sp³-hybridized carbons (Fsp3) is 0.0455. The van der Waals surface area contributed by atoms with E-state index >= 15 is 0 Å². The minimum Gasteiger partial charge on any atom is -0.308 e. The van der Waals surface area contributed by atoms with Crippen molar-refractivity contribution in [2.24, 2.45) is 0 Å². The third-order valence-electron chi connectivity index (χ3n) is 10.7. The summed E-state index contributed by atoms with van der Waals surface area (Å²) in [6.07, 6.45) is 1.87. The lowest BCUT2D eigenvalue weighted by molar-refractivity contribution is 0.869. The van der Waals surface area contributed by atoms with Gasteiger partial charge in [0.1, 0.15) is 5.69 Å². The van der Waals surface area contributed by atoms with E-state index in [-0.39, 0.29) is 0 Å². The van der Waals surface area contributed by atoms with Gasteiger partial charge in [0.2, 0.25) is 0 Å². The van der Waals surface area contributed by atoms with Crippen LogP contribution >= 0.6 is 0 Å². The molecule has 1 aliphatic carbocycles. The lowest BCUT2D eigenvalue weighted by Crippen LogP contribution is -2.10. The predicted molar refractivity (Wildman–Crippen MR) is 197 cm³/mol. The second-order valence-electron chi connectivity index (χ2n) is 13.1. The summed E-state index contributed by atoms with van der Waals surface area (Å²) in [6.45, 7) is 0. The van der Waals surface area contributed by atoms with E-state index in [2.05, 4.69) is 112 Å². The highest BCUT2D eigenvalue weighted by Gasteiger charge is 2.30. The van der Waals surface area contributed by atoms with E-state index in [4.69, 9.17) is 9.97 Å². The second-order valence-corrected chi connectivity index (χ2v) is 13.1. The van der Waals surface area contributed by atoms with E-state index in [0.29, 0.717) is 0 Å². The highest BCUT2D eigenvalue weighted by Crippen LogP contribution is 2.49. The summed E-state index contributed by atoms with van der Waals surface area (Å²) in [5.74, 6) is 0.843. The zero-order valence-corrected chi connectivity index (χ0v) is 25.8. The molecule has 4 heterocycles. The predicted octanol–water partition coefficient (Wildman–Crippen LogP) is 10.4. The smallest absolute Gasteiger partial charge is 0.165 e. The Labute approximate surface area is 274 Å². The van der Waals surface area contributed by atoms with Gasteiger partial charge in [-0.05, 0) is 77.0 Å². The number of benzene rings is 6. The van der Waals surface area contributed by atoms with Gasteiger partial charge < -0.3 is 4.40 Å². The molecule has 7 aromatic carbocycles. The van der Waals surface area contributed by atoms with Crippen LogP contribution < -0.4 is 0 Å². The topological polar surface area (TPSA) is 35.1 Å². The van der Waals surface area contributed by atoms with Crippen LogP contribution in [0.15, 0.2) is 121 Å². The highest BCUT2D eigenvalue weighted by molar-refractivity contribution is 6.34. The molecule has 1 aliphatic rings. The summed E-state index contributed by atoms with van der Waals surface area (Å²) in [5, 5.41) is 11.7. The average Bonchev–Trinajstić information content (AvgIpc) is 3.63. The largest absolute Gasteiger partial charge is 0.308 e. The van der Waals surface area contributed by atoms with Crippen LogP contribution in [0.4, 0.5) is 0 Å². The van der Waals surface area contributed by atoms with Gasteiger partial charge in [0.05, 0.1) is 38.7 Å². The van der Waals surface area contributed by atoms with Crippen molar-refractivity contribution in [1.82, 2.24) is 18.9 Å². The summed E-state index contributed by atoms with van der Waals surface area (Å²) in [7, 11) is 0. The first-order chi connectivity index (χ1) is 23.8. The van der Waals surface area contributed by atoms with Crippen LogP contribution in [0.1, 0.15) is 11.3 Å². The van der Waals surface area contributed by atoms with Crippen LogP contribution in [0.25, 0.3) is 98.7 Å². The molecule has 0 aliphatic heterocycles. The minimum absolute atomic E-state index is 0.820. The molecule has 4 aromatic heterocycles. The highest BCUT2D eigenvalue weighted by atomic mass is 15.1. The second kappa shape index (κ2) is 8.67. The summed E-state index contributed by atoms with van der Waals surface area (Å²) < 4.78 is 4.99. The van der Waals surface area contributed by atoms with Gasteiger partial charge in [-0.1, -0.05) is 91.0 Å². The summed E-state index contributed by atoms with van der Waals surface area (Å²) in [5.41, 5.74) is 11.1. The van der Waals surface area contributed by atoms with Crippen LogP contribution in [-0.4, -0.2) is 18.9 Å². The van der Waals surface area contributed by atoms with E-state index in [9.17, 15) is 0 Å². The molecule has 4 heteroatoms. The van der Waals surface area contributed by atoms with Crippen molar-refractivity contribution in [1.29, 1.82) is 0 Å². The Morgan fingerprint density at radius 3 is 2.27 bits per heavy atom. The Bertz CT molecular complexity index is 3160. The van der Waals surface area contributed by atoms with Gasteiger partial charge >= 0.3 is 0 Å². The zero-order valence-electron chi connectivity index (χ0n) is 25.8. The van der Waals surface area contributed by atoms with Gasteiger partial charge in [-0.3, -0.25) is 4.57 Å². The third-order valence-corrected chi connectivity index (χ3v) is 10.7. The van der Waals surface area contributed by atoms with Crippen molar-refractivity contribution in [3.8, 4) is 17.1 Å². The van der Waals surface area contributed by atoms with Crippen molar-refractivity contribution >= 4 is 81.6 Å². The van der Waals surface area contributed by atoms with Crippen LogP contribution in [0.2, 0.25) is 0 Å². The molecule has 0 N–H and O–H groups in total. The van der Waals surface area contributed by atoms with Gasteiger partial charge in [-0.2, -0.15) is 0 Å². The van der Waals surface area contributed by atoms with E-state index in [0.717, 1.165) is 46.5 Å². The number of hydrogen-bond acceptors (Lipinski definition) is 2. The maximum absolute atomic E-state index is 5.39. The monoisotopic (exact) mass is 608 g/mol. The lowest BCUT2D eigenvalue weighted by atomic mass is 9.91. The van der Waals surface area contributed by atoms with E-state index in [1.807, 2.05) is 30.3 Å². The Morgan fingerprint density at radius 1 is 0.542 bits per heavy atom. The van der Waals surface area contributed by atoms with Gasteiger partial charge in [-0.15, -0.1) is 0 Å². The minimum atomic E-state index is 0.820. The Hall–Kier alpha value is -6.44. The van der Waals surface area contributed by atoms with Crippen molar-refractivity contribution in [3.63, 3.8) is 0 Å². The molecule has 0 bridgehead atoms. The Kier molecular flexibility index (Phi) is 4.47. The summed E-state index contributed by atoms with van der Waals surface area (Å²) in [4.78, 5) is 10.6. The molecule has 12 rings (SSSR count). The van der Waals surface area contributed by atoms with Gasteiger partial charge in [0.15, 0.2) is 5.82 Å². The molecule has 220 valence electrons. The number of nitrogens with zero attached hydrogens (tertiary/aromatic N) is 4. The van der Waals surface area contributed by atoms with Crippen molar-refractivity contribution in [2.75, 3.05) is 0 Å². The number of para-hydroxylation sites is 2. The Balaban J connectivity index is 1.36. The zero-order chi connectivity index (χ0) is 31.1. The van der Waals surface area contributed by atoms with Crippen molar-refractivity contribution in [3.05, 3.63) is 145 Å². The molecule has 0 saturated heterocycles. The van der Waals surface area contributed by atoms with Crippen LogP contribution in [-0.2, 0) is 12.8 Å². The molecule has 11 aromatic rings. The van der Waals surface area contributed by atoms with E-state index in [1.165, 1.54) is 76.3 Å². The van der Waals surface area contributed by atoms with Gasteiger partial charge in [0, 0.05) is 38.0 Å². The molecule has 0 atom stereocenters. The number of hydrogen-bond donors (Lipinski definition) is 0. The fourth-order valence-corrected chi connectivity index (χ4v) is 8.85.